The van der Waals surface area contributed by atoms with Gasteiger partial charge in [0.1, 0.15) is 0 Å². The largest absolute Gasteiger partial charge is 0.464 e. The molecule has 0 radical (unpaired) electrons. The number of hydrogen-bond acceptors (Lipinski definition) is 5. The van der Waals surface area contributed by atoms with Gasteiger partial charge in [-0.3, -0.25) is 9.36 Å². The first-order valence-electron chi connectivity index (χ1n) is 7.16. The van der Waals surface area contributed by atoms with Crippen molar-refractivity contribution in [3.8, 4) is 0 Å². The first kappa shape index (κ1) is 17.6. The van der Waals surface area contributed by atoms with Gasteiger partial charge in [0.2, 0.25) is 4.77 Å². The van der Waals surface area contributed by atoms with Crippen LogP contribution in [0.4, 0.5) is 0 Å². The highest BCUT2D eigenvalue weighted by molar-refractivity contribution is 7.71. The third kappa shape index (κ3) is 3.57. The fraction of sp³-hybridized carbons (Fsp3) is 0.176. The Morgan fingerprint density at radius 3 is 2.62 bits per heavy atom. The Balaban J connectivity index is 2.72. The quantitative estimate of drug-likeness (QED) is 0.362. The van der Waals surface area contributed by atoms with E-state index in [1.807, 2.05) is 30.3 Å². The minimum Gasteiger partial charge on any atom is -0.464 e. The molecule has 24 heavy (non-hydrogen) atoms. The topological polar surface area (TPSA) is 65.6 Å². The van der Waals surface area contributed by atoms with Crippen molar-refractivity contribution in [1.29, 1.82) is 0 Å². The number of aromatic nitrogens is 2. The van der Waals surface area contributed by atoms with Gasteiger partial charge in [0, 0.05) is 12.6 Å². The zero-order valence-corrected chi connectivity index (χ0v) is 14.2. The summed E-state index contributed by atoms with van der Waals surface area (Å²) in [6, 6.07) is 10.6. The number of hydrogen-bond donors (Lipinski definition) is 0. The SMILES string of the molecule is C=CCn1c(=O)cc(C(=O)OC)n(/N=C(/C)c2ccccc2)c1=S. The fourth-order valence-corrected chi connectivity index (χ4v) is 2.40. The smallest absolute Gasteiger partial charge is 0.357 e. The van der Waals surface area contributed by atoms with Crippen molar-refractivity contribution in [3.05, 3.63) is 75.4 Å². The van der Waals surface area contributed by atoms with Crippen LogP contribution in [0.25, 0.3) is 0 Å². The summed E-state index contributed by atoms with van der Waals surface area (Å²) < 4.78 is 7.37. The maximum atomic E-state index is 12.2. The molecule has 0 saturated carbocycles. The third-order valence-corrected chi connectivity index (χ3v) is 3.71. The predicted molar refractivity (Wildman–Crippen MR) is 95.1 cm³/mol. The van der Waals surface area contributed by atoms with Gasteiger partial charge in [-0.15, -0.1) is 6.58 Å². The van der Waals surface area contributed by atoms with Crippen LogP contribution in [0, 0.1) is 4.77 Å². The van der Waals surface area contributed by atoms with Crippen LogP contribution >= 0.6 is 12.2 Å². The summed E-state index contributed by atoms with van der Waals surface area (Å²) in [5.41, 5.74) is 1.07. The Kier molecular flexibility index (Phi) is 5.59. The van der Waals surface area contributed by atoms with Crippen LogP contribution in [0.2, 0.25) is 0 Å². The number of benzene rings is 1. The Morgan fingerprint density at radius 2 is 2.04 bits per heavy atom. The molecule has 124 valence electrons. The highest BCUT2D eigenvalue weighted by Gasteiger charge is 2.16. The molecule has 0 unspecified atom stereocenters. The summed E-state index contributed by atoms with van der Waals surface area (Å²) in [6.45, 7) is 5.62. The maximum Gasteiger partial charge on any atom is 0.357 e. The van der Waals surface area contributed by atoms with Gasteiger partial charge in [-0.25, -0.2) is 4.79 Å². The van der Waals surface area contributed by atoms with Crippen molar-refractivity contribution in [2.75, 3.05) is 7.11 Å². The van der Waals surface area contributed by atoms with E-state index < -0.39 is 11.5 Å². The lowest BCUT2D eigenvalue weighted by molar-refractivity contribution is 0.0587. The predicted octanol–water partition coefficient (Wildman–Crippen LogP) is 2.62. The van der Waals surface area contributed by atoms with Gasteiger partial charge in [-0.1, -0.05) is 36.4 Å². The summed E-state index contributed by atoms with van der Waals surface area (Å²) in [5, 5.41) is 4.42. The highest BCUT2D eigenvalue weighted by atomic mass is 32.1. The lowest BCUT2D eigenvalue weighted by Gasteiger charge is -2.12. The van der Waals surface area contributed by atoms with Crippen molar-refractivity contribution in [3.63, 3.8) is 0 Å². The molecule has 7 heteroatoms. The molecule has 0 amide bonds. The molecule has 2 aromatic rings. The van der Waals surface area contributed by atoms with Crippen molar-refractivity contribution < 1.29 is 9.53 Å². The summed E-state index contributed by atoms with van der Waals surface area (Å²) in [5.74, 6) is -0.687. The second-order valence-corrected chi connectivity index (χ2v) is 5.27. The summed E-state index contributed by atoms with van der Waals surface area (Å²) >= 11 is 5.33. The zero-order chi connectivity index (χ0) is 17.7. The number of rotatable bonds is 5. The lowest BCUT2D eigenvalue weighted by atomic mass is 10.1. The van der Waals surface area contributed by atoms with Crippen molar-refractivity contribution >= 4 is 23.9 Å². The number of methoxy groups -OCH3 is 1. The highest BCUT2D eigenvalue weighted by Crippen LogP contribution is 2.07. The molecule has 0 aliphatic carbocycles. The molecule has 2 rings (SSSR count). The number of allylic oxidation sites excluding steroid dienone is 1. The molecule has 1 heterocycles. The van der Waals surface area contributed by atoms with Crippen LogP contribution in [-0.2, 0) is 11.3 Å². The van der Waals surface area contributed by atoms with E-state index in [1.54, 1.807) is 13.0 Å². The molecule has 0 bridgehead atoms. The number of ether oxygens (including phenoxy) is 1. The van der Waals surface area contributed by atoms with E-state index in [1.165, 1.54) is 16.4 Å². The Morgan fingerprint density at radius 1 is 1.38 bits per heavy atom. The van der Waals surface area contributed by atoms with Crippen LogP contribution in [0.15, 0.2) is 58.9 Å². The number of carbonyl (C=O) groups is 1. The Hall–Kier alpha value is -2.80. The van der Waals surface area contributed by atoms with Gasteiger partial charge in [0.15, 0.2) is 5.69 Å². The van der Waals surface area contributed by atoms with E-state index in [0.717, 1.165) is 11.6 Å². The monoisotopic (exact) mass is 343 g/mol. The molecule has 0 spiro atoms. The van der Waals surface area contributed by atoms with Crippen LogP contribution in [-0.4, -0.2) is 28.0 Å². The standard InChI is InChI=1S/C17H17N3O3S/c1-4-10-19-15(21)11-14(16(22)23-3)20(17(19)24)18-12(2)13-8-6-5-7-9-13/h4-9,11H,1,10H2,2-3H3/b18-12-. The van der Waals surface area contributed by atoms with Crippen LogP contribution in [0.3, 0.4) is 0 Å². The second kappa shape index (κ2) is 7.65. The van der Waals surface area contributed by atoms with Crippen LogP contribution in [0.1, 0.15) is 23.0 Å². The average molecular weight is 343 g/mol. The lowest BCUT2D eigenvalue weighted by Crippen LogP contribution is -2.27. The average Bonchev–Trinajstić information content (AvgIpc) is 2.60. The van der Waals surface area contributed by atoms with Gasteiger partial charge in [0.05, 0.1) is 12.8 Å². The molecule has 0 aliphatic rings. The molecule has 0 atom stereocenters. The second-order valence-electron chi connectivity index (χ2n) is 4.90. The number of carbonyl (C=O) groups excluding carboxylic acids is 1. The molecule has 0 aliphatic heterocycles. The van der Waals surface area contributed by atoms with E-state index in [4.69, 9.17) is 17.0 Å². The van der Waals surface area contributed by atoms with Gasteiger partial charge >= 0.3 is 5.97 Å². The molecule has 1 aromatic heterocycles. The number of nitrogens with zero attached hydrogens (tertiary/aromatic N) is 3. The molecule has 0 N–H and O–H groups in total. The van der Waals surface area contributed by atoms with Crippen molar-refractivity contribution in [1.82, 2.24) is 9.24 Å². The minimum atomic E-state index is -0.687. The molecule has 0 saturated heterocycles. The maximum absolute atomic E-state index is 12.2. The Bertz CT molecular complexity index is 911. The van der Waals surface area contributed by atoms with Crippen molar-refractivity contribution in [2.24, 2.45) is 5.10 Å². The van der Waals surface area contributed by atoms with Crippen LogP contribution in [0.5, 0.6) is 0 Å². The van der Waals surface area contributed by atoms with E-state index in [2.05, 4.69) is 11.7 Å². The van der Waals surface area contributed by atoms with Crippen LogP contribution < -0.4 is 5.56 Å². The molecule has 6 nitrogen and oxygen atoms in total. The Labute approximate surface area is 144 Å². The minimum absolute atomic E-state index is 0.0249. The van der Waals surface area contributed by atoms with Gasteiger partial charge in [-0.2, -0.15) is 9.78 Å². The summed E-state index contributed by atoms with van der Waals surface area (Å²) in [4.78, 5) is 24.2. The fourth-order valence-electron chi connectivity index (χ4n) is 2.10. The first-order chi connectivity index (χ1) is 11.5. The van der Waals surface area contributed by atoms with E-state index in [-0.39, 0.29) is 17.0 Å². The normalized spacial score (nSPS) is 11.2. The van der Waals surface area contributed by atoms with Gasteiger partial charge in [0.25, 0.3) is 5.56 Å². The van der Waals surface area contributed by atoms with E-state index in [9.17, 15) is 9.59 Å². The summed E-state index contributed by atoms with van der Waals surface area (Å²) in [7, 11) is 1.23. The third-order valence-electron chi connectivity index (χ3n) is 3.31. The summed E-state index contributed by atoms with van der Waals surface area (Å²) in [6.07, 6.45) is 1.55. The molecule has 0 fully saturated rings. The number of esters is 1. The zero-order valence-electron chi connectivity index (χ0n) is 13.4. The van der Waals surface area contributed by atoms with E-state index >= 15 is 0 Å². The molecular weight excluding hydrogens is 326 g/mol. The van der Waals surface area contributed by atoms with E-state index in [0.29, 0.717) is 5.71 Å². The van der Waals surface area contributed by atoms with Gasteiger partial charge < -0.3 is 4.74 Å². The first-order valence-corrected chi connectivity index (χ1v) is 7.57. The molecular formula is C17H17N3O3S. The molecule has 1 aromatic carbocycles. The van der Waals surface area contributed by atoms with Gasteiger partial charge in [-0.05, 0) is 24.7 Å². The van der Waals surface area contributed by atoms with Crippen molar-refractivity contribution in [2.45, 2.75) is 13.5 Å².